The van der Waals surface area contributed by atoms with E-state index in [-0.39, 0.29) is 11.9 Å². The molecule has 1 aromatic rings. The normalized spacial score (nSPS) is 19.8. The summed E-state index contributed by atoms with van der Waals surface area (Å²) in [6.45, 7) is 2.54. The summed E-state index contributed by atoms with van der Waals surface area (Å²) in [7, 11) is 0. The van der Waals surface area contributed by atoms with E-state index in [1.54, 1.807) is 23.3 Å². The van der Waals surface area contributed by atoms with Crippen LogP contribution in [0.2, 0.25) is 0 Å². The van der Waals surface area contributed by atoms with Gasteiger partial charge >= 0.3 is 5.97 Å². The van der Waals surface area contributed by atoms with Gasteiger partial charge in [0.25, 0.3) is 0 Å². The Morgan fingerprint density at radius 2 is 2.47 bits per heavy atom. The van der Waals surface area contributed by atoms with E-state index in [1.807, 2.05) is 0 Å². The largest absolute Gasteiger partial charge is 0.462 e. The summed E-state index contributed by atoms with van der Waals surface area (Å²) in [4.78, 5) is 25.0. The Morgan fingerprint density at radius 1 is 1.71 bits per heavy atom. The fraction of sp³-hybridized carbons (Fsp3) is 0.455. The fourth-order valence-electron chi connectivity index (χ4n) is 1.81. The molecule has 0 aromatic carbocycles. The maximum absolute atomic E-state index is 11.7. The van der Waals surface area contributed by atoms with Gasteiger partial charge in [0.05, 0.1) is 12.2 Å². The minimum Gasteiger partial charge on any atom is -0.462 e. The number of ether oxygens (including phenoxy) is 1. The molecule has 1 unspecified atom stereocenters. The molecule has 1 atom stereocenters. The molecule has 0 saturated carbocycles. The Bertz CT molecular complexity index is 444. The molecule has 6 heteroatoms. The van der Waals surface area contributed by atoms with Crippen molar-refractivity contribution in [2.45, 2.75) is 19.4 Å². The van der Waals surface area contributed by atoms with Crippen LogP contribution in [0.25, 0.3) is 0 Å². The molecule has 0 bridgehead atoms. The van der Waals surface area contributed by atoms with Crippen LogP contribution in [0.1, 0.15) is 23.7 Å². The van der Waals surface area contributed by atoms with Crippen LogP contribution >= 0.6 is 11.3 Å². The number of nitrogens with two attached hydrogens (primary N) is 1. The van der Waals surface area contributed by atoms with Crippen molar-refractivity contribution in [3.05, 3.63) is 17.0 Å². The lowest BCUT2D eigenvalue weighted by atomic mass is 10.3. The summed E-state index contributed by atoms with van der Waals surface area (Å²) < 4.78 is 4.95. The number of carbonyl (C=O) groups is 2. The number of nitrogens with zero attached hydrogens (tertiary/aromatic N) is 1. The van der Waals surface area contributed by atoms with E-state index in [1.165, 1.54) is 11.3 Å². The molecule has 1 aromatic heterocycles. The lowest BCUT2D eigenvalue weighted by molar-refractivity contribution is -0.117. The average molecular weight is 254 g/mol. The van der Waals surface area contributed by atoms with E-state index in [0.29, 0.717) is 30.1 Å². The predicted molar refractivity (Wildman–Crippen MR) is 65.2 cm³/mol. The highest BCUT2D eigenvalue weighted by Gasteiger charge is 2.31. The topological polar surface area (TPSA) is 72.6 Å². The lowest BCUT2D eigenvalue weighted by Crippen LogP contribution is -2.28. The molecular weight excluding hydrogens is 240 g/mol. The van der Waals surface area contributed by atoms with Crippen LogP contribution < -0.4 is 10.6 Å². The molecule has 17 heavy (non-hydrogen) atoms. The molecule has 5 nitrogen and oxygen atoms in total. The van der Waals surface area contributed by atoms with E-state index < -0.39 is 5.97 Å². The number of thiophene rings is 1. The second-order valence-corrected chi connectivity index (χ2v) is 4.72. The van der Waals surface area contributed by atoms with Crippen molar-refractivity contribution in [1.29, 1.82) is 0 Å². The molecule has 0 aliphatic carbocycles. The van der Waals surface area contributed by atoms with Crippen molar-refractivity contribution in [3.8, 4) is 0 Å². The summed E-state index contributed by atoms with van der Waals surface area (Å²) in [5.41, 5.74) is 6.18. The zero-order chi connectivity index (χ0) is 12.4. The highest BCUT2D eigenvalue weighted by atomic mass is 32.1. The van der Waals surface area contributed by atoms with E-state index in [0.717, 1.165) is 0 Å². The zero-order valence-electron chi connectivity index (χ0n) is 9.51. The molecule has 2 heterocycles. The van der Waals surface area contributed by atoms with Gasteiger partial charge in [-0.1, -0.05) is 0 Å². The van der Waals surface area contributed by atoms with Crippen LogP contribution in [0.15, 0.2) is 11.4 Å². The Labute approximate surface area is 103 Å². The van der Waals surface area contributed by atoms with Crippen molar-refractivity contribution >= 4 is 28.2 Å². The quantitative estimate of drug-likeness (QED) is 0.816. The Kier molecular flexibility index (Phi) is 3.44. The molecule has 0 spiro atoms. The summed E-state index contributed by atoms with van der Waals surface area (Å²) in [5, 5.41) is 2.42. The van der Waals surface area contributed by atoms with Crippen molar-refractivity contribution in [3.63, 3.8) is 0 Å². The third kappa shape index (κ3) is 2.32. The molecule has 2 N–H and O–H groups in total. The van der Waals surface area contributed by atoms with Crippen molar-refractivity contribution < 1.29 is 14.3 Å². The third-order valence-corrected chi connectivity index (χ3v) is 3.48. The van der Waals surface area contributed by atoms with Gasteiger partial charge in [-0.3, -0.25) is 4.79 Å². The summed E-state index contributed by atoms with van der Waals surface area (Å²) >= 11 is 1.36. The standard InChI is InChI=1S/C11H14N2O3S/c1-2-16-11(15)8-3-4-17-10(8)13-6-7(12)5-9(13)14/h3-4,7H,2,5-6,12H2,1H3. The van der Waals surface area contributed by atoms with E-state index >= 15 is 0 Å². The van der Waals surface area contributed by atoms with E-state index in [4.69, 9.17) is 10.5 Å². The first-order valence-electron chi connectivity index (χ1n) is 5.44. The molecule has 1 amide bonds. The first kappa shape index (κ1) is 12.1. The van der Waals surface area contributed by atoms with Gasteiger partial charge < -0.3 is 15.4 Å². The molecule has 1 aliphatic heterocycles. The molecule has 1 aliphatic rings. The molecule has 92 valence electrons. The number of esters is 1. The predicted octanol–water partition coefficient (Wildman–Crippen LogP) is 0.989. The number of rotatable bonds is 3. The van der Waals surface area contributed by atoms with E-state index in [9.17, 15) is 9.59 Å². The molecule has 2 rings (SSSR count). The van der Waals surface area contributed by atoms with Crippen LogP contribution in [0.4, 0.5) is 5.00 Å². The highest BCUT2D eigenvalue weighted by Crippen LogP contribution is 2.31. The van der Waals surface area contributed by atoms with Crippen LogP contribution in [0, 0.1) is 0 Å². The van der Waals surface area contributed by atoms with Crippen LogP contribution in [0.3, 0.4) is 0 Å². The number of hydrogen-bond donors (Lipinski definition) is 1. The molecular formula is C11H14N2O3S. The first-order chi connectivity index (χ1) is 8.13. The Morgan fingerprint density at radius 3 is 3.06 bits per heavy atom. The molecule has 1 fully saturated rings. The Balaban J connectivity index is 2.25. The van der Waals surface area contributed by atoms with Crippen molar-refractivity contribution in [2.75, 3.05) is 18.1 Å². The van der Waals surface area contributed by atoms with Gasteiger partial charge in [0.1, 0.15) is 5.00 Å². The van der Waals surface area contributed by atoms with Gasteiger partial charge in [-0.2, -0.15) is 0 Å². The lowest BCUT2D eigenvalue weighted by Gasteiger charge is -2.15. The Hall–Kier alpha value is -1.40. The average Bonchev–Trinajstić information content (AvgIpc) is 2.84. The van der Waals surface area contributed by atoms with E-state index in [2.05, 4.69) is 0 Å². The summed E-state index contributed by atoms with van der Waals surface area (Å²) in [5.74, 6) is -0.428. The SMILES string of the molecule is CCOC(=O)c1ccsc1N1CC(N)CC1=O. The van der Waals surface area contributed by atoms with Gasteiger partial charge in [0.2, 0.25) is 5.91 Å². The highest BCUT2D eigenvalue weighted by molar-refractivity contribution is 7.14. The van der Waals surface area contributed by atoms with Crippen LogP contribution in [-0.2, 0) is 9.53 Å². The number of hydrogen-bond acceptors (Lipinski definition) is 5. The minimum absolute atomic E-state index is 0.0366. The minimum atomic E-state index is -0.392. The second kappa shape index (κ2) is 4.85. The van der Waals surface area contributed by atoms with Gasteiger partial charge in [0.15, 0.2) is 0 Å². The second-order valence-electron chi connectivity index (χ2n) is 3.83. The summed E-state index contributed by atoms with van der Waals surface area (Å²) in [6.07, 6.45) is 0.333. The van der Waals surface area contributed by atoms with Crippen molar-refractivity contribution in [1.82, 2.24) is 0 Å². The van der Waals surface area contributed by atoms with Gasteiger partial charge in [-0.25, -0.2) is 4.79 Å². The zero-order valence-corrected chi connectivity index (χ0v) is 10.3. The number of amides is 1. The third-order valence-electron chi connectivity index (χ3n) is 2.54. The van der Waals surface area contributed by atoms with Gasteiger partial charge in [-0.05, 0) is 18.4 Å². The smallest absolute Gasteiger partial charge is 0.341 e. The molecule has 1 saturated heterocycles. The van der Waals surface area contributed by atoms with Crippen LogP contribution in [-0.4, -0.2) is 31.1 Å². The van der Waals surface area contributed by atoms with Gasteiger partial charge in [-0.15, -0.1) is 11.3 Å². The molecule has 0 radical (unpaired) electrons. The maximum Gasteiger partial charge on any atom is 0.341 e. The monoisotopic (exact) mass is 254 g/mol. The maximum atomic E-state index is 11.7. The number of carbonyl (C=O) groups excluding carboxylic acids is 2. The first-order valence-corrected chi connectivity index (χ1v) is 6.32. The van der Waals surface area contributed by atoms with Crippen LogP contribution in [0.5, 0.6) is 0 Å². The van der Waals surface area contributed by atoms with Crippen molar-refractivity contribution in [2.24, 2.45) is 5.73 Å². The fourth-order valence-corrected chi connectivity index (χ4v) is 2.72. The summed E-state index contributed by atoms with van der Waals surface area (Å²) in [6, 6.07) is 1.52. The number of anilines is 1. The van der Waals surface area contributed by atoms with Gasteiger partial charge in [0, 0.05) is 19.0 Å².